The highest BCUT2D eigenvalue weighted by Gasteiger charge is 2.28. The lowest BCUT2D eigenvalue weighted by Gasteiger charge is -2.27. The maximum absolute atomic E-state index is 6.61. The van der Waals surface area contributed by atoms with E-state index in [4.69, 9.17) is 5.73 Å². The lowest BCUT2D eigenvalue weighted by molar-refractivity contribution is 0.417. The average Bonchev–Trinajstić information content (AvgIpc) is 2.89. The standard InChI is InChI=1S/C20H23N/c21-20(19-12-16-5-1-2-6-17(16)13-19)18-10-4-9-15(11-18)14-7-3-8-14/h1-2,4-6,9-11,14,19-20H,3,7-8,12-13,21H2. The summed E-state index contributed by atoms with van der Waals surface area (Å²) in [5, 5.41) is 0. The Hall–Kier alpha value is -1.60. The third-order valence-corrected chi connectivity index (χ3v) is 5.46. The van der Waals surface area contributed by atoms with Gasteiger partial charge in [0.15, 0.2) is 0 Å². The van der Waals surface area contributed by atoms with Gasteiger partial charge in [0.1, 0.15) is 0 Å². The van der Waals surface area contributed by atoms with Crippen molar-refractivity contribution in [1.82, 2.24) is 0 Å². The third-order valence-electron chi connectivity index (χ3n) is 5.46. The SMILES string of the molecule is NC(c1cccc(C2CCC2)c1)C1Cc2ccccc2C1. The quantitative estimate of drug-likeness (QED) is 0.886. The predicted octanol–water partition coefficient (Wildman–Crippen LogP) is 4.37. The van der Waals surface area contributed by atoms with Crippen LogP contribution in [-0.4, -0.2) is 0 Å². The first kappa shape index (κ1) is 13.1. The van der Waals surface area contributed by atoms with Gasteiger partial charge in [0.25, 0.3) is 0 Å². The fraction of sp³-hybridized carbons (Fsp3) is 0.400. The Kier molecular flexibility index (Phi) is 3.31. The summed E-state index contributed by atoms with van der Waals surface area (Å²) in [5.41, 5.74) is 12.4. The van der Waals surface area contributed by atoms with E-state index in [2.05, 4.69) is 48.5 Å². The van der Waals surface area contributed by atoms with Crippen LogP contribution in [0.15, 0.2) is 48.5 Å². The van der Waals surface area contributed by atoms with Crippen molar-refractivity contribution in [2.45, 2.75) is 44.1 Å². The summed E-state index contributed by atoms with van der Waals surface area (Å²) in [6.45, 7) is 0. The molecule has 4 rings (SSSR count). The van der Waals surface area contributed by atoms with E-state index in [1.54, 1.807) is 0 Å². The zero-order valence-electron chi connectivity index (χ0n) is 12.5. The minimum Gasteiger partial charge on any atom is -0.324 e. The monoisotopic (exact) mass is 277 g/mol. The van der Waals surface area contributed by atoms with Crippen LogP contribution in [0, 0.1) is 5.92 Å². The van der Waals surface area contributed by atoms with Crippen molar-refractivity contribution in [2.24, 2.45) is 11.7 Å². The van der Waals surface area contributed by atoms with E-state index in [1.807, 2.05) is 0 Å². The normalized spacial score (nSPS) is 20.0. The molecule has 2 N–H and O–H groups in total. The highest BCUT2D eigenvalue weighted by atomic mass is 14.7. The van der Waals surface area contributed by atoms with Gasteiger partial charge >= 0.3 is 0 Å². The van der Waals surface area contributed by atoms with Gasteiger partial charge in [-0.1, -0.05) is 55.0 Å². The van der Waals surface area contributed by atoms with Gasteiger partial charge in [0.05, 0.1) is 0 Å². The van der Waals surface area contributed by atoms with Gasteiger partial charge in [0, 0.05) is 6.04 Å². The second-order valence-corrected chi connectivity index (χ2v) is 6.76. The fourth-order valence-electron chi connectivity index (χ4n) is 3.88. The molecule has 0 aliphatic heterocycles. The van der Waals surface area contributed by atoms with Gasteiger partial charge in [-0.05, 0) is 59.8 Å². The van der Waals surface area contributed by atoms with Crippen molar-refractivity contribution in [1.29, 1.82) is 0 Å². The summed E-state index contributed by atoms with van der Waals surface area (Å²) in [6, 6.07) is 18.0. The Morgan fingerprint density at radius 1 is 0.905 bits per heavy atom. The number of benzene rings is 2. The molecule has 108 valence electrons. The zero-order valence-corrected chi connectivity index (χ0v) is 12.5. The zero-order chi connectivity index (χ0) is 14.2. The van der Waals surface area contributed by atoms with Gasteiger partial charge in [-0.3, -0.25) is 0 Å². The van der Waals surface area contributed by atoms with E-state index in [1.165, 1.54) is 41.5 Å². The van der Waals surface area contributed by atoms with Crippen LogP contribution in [0.2, 0.25) is 0 Å². The van der Waals surface area contributed by atoms with Crippen molar-refractivity contribution in [2.75, 3.05) is 0 Å². The Balaban J connectivity index is 1.54. The van der Waals surface area contributed by atoms with E-state index in [0.29, 0.717) is 5.92 Å². The minimum absolute atomic E-state index is 0.164. The highest BCUT2D eigenvalue weighted by Crippen LogP contribution is 2.38. The first-order valence-electron chi connectivity index (χ1n) is 8.23. The minimum atomic E-state index is 0.164. The number of nitrogens with two attached hydrogens (primary N) is 1. The van der Waals surface area contributed by atoms with Crippen LogP contribution in [0.3, 0.4) is 0 Å². The van der Waals surface area contributed by atoms with Crippen molar-refractivity contribution in [3.8, 4) is 0 Å². The van der Waals surface area contributed by atoms with E-state index < -0.39 is 0 Å². The molecule has 21 heavy (non-hydrogen) atoms. The summed E-state index contributed by atoms with van der Waals surface area (Å²) < 4.78 is 0. The van der Waals surface area contributed by atoms with Crippen LogP contribution in [0.25, 0.3) is 0 Å². The van der Waals surface area contributed by atoms with Crippen LogP contribution in [0.5, 0.6) is 0 Å². The fourth-order valence-corrected chi connectivity index (χ4v) is 3.88. The molecule has 2 aromatic carbocycles. The van der Waals surface area contributed by atoms with Crippen molar-refractivity contribution in [3.05, 3.63) is 70.8 Å². The highest BCUT2D eigenvalue weighted by molar-refractivity contribution is 5.35. The lowest BCUT2D eigenvalue weighted by atomic mass is 9.79. The maximum Gasteiger partial charge on any atom is 0.0330 e. The molecule has 1 fully saturated rings. The molecule has 1 nitrogen and oxygen atoms in total. The van der Waals surface area contributed by atoms with Gasteiger partial charge < -0.3 is 5.73 Å². The molecule has 0 spiro atoms. The molecule has 1 saturated carbocycles. The first-order chi connectivity index (χ1) is 10.3. The Morgan fingerprint density at radius 3 is 2.24 bits per heavy atom. The molecule has 2 aliphatic carbocycles. The second kappa shape index (κ2) is 5.31. The molecule has 2 aromatic rings. The second-order valence-electron chi connectivity index (χ2n) is 6.76. The van der Waals surface area contributed by atoms with Crippen molar-refractivity contribution >= 4 is 0 Å². The van der Waals surface area contributed by atoms with E-state index >= 15 is 0 Å². The summed E-state index contributed by atoms with van der Waals surface area (Å²) in [4.78, 5) is 0. The van der Waals surface area contributed by atoms with Crippen LogP contribution in [-0.2, 0) is 12.8 Å². The summed E-state index contributed by atoms with van der Waals surface area (Å²) >= 11 is 0. The Bertz CT molecular complexity index is 617. The van der Waals surface area contributed by atoms with Crippen molar-refractivity contribution in [3.63, 3.8) is 0 Å². The first-order valence-corrected chi connectivity index (χ1v) is 8.23. The molecule has 0 bridgehead atoms. The topological polar surface area (TPSA) is 26.0 Å². The van der Waals surface area contributed by atoms with E-state index in [-0.39, 0.29) is 6.04 Å². The van der Waals surface area contributed by atoms with Gasteiger partial charge in [-0.15, -0.1) is 0 Å². The Morgan fingerprint density at radius 2 is 1.62 bits per heavy atom. The number of hydrogen-bond donors (Lipinski definition) is 1. The summed E-state index contributed by atoms with van der Waals surface area (Å²) in [7, 11) is 0. The van der Waals surface area contributed by atoms with Crippen LogP contribution < -0.4 is 5.73 Å². The maximum atomic E-state index is 6.61. The van der Waals surface area contributed by atoms with Crippen LogP contribution >= 0.6 is 0 Å². The molecule has 0 aromatic heterocycles. The van der Waals surface area contributed by atoms with Gasteiger partial charge in [-0.25, -0.2) is 0 Å². The lowest BCUT2D eigenvalue weighted by Crippen LogP contribution is -2.22. The Labute approximate surface area is 127 Å². The molecule has 1 unspecified atom stereocenters. The van der Waals surface area contributed by atoms with Gasteiger partial charge in [0.2, 0.25) is 0 Å². The number of rotatable bonds is 3. The molecular weight excluding hydrogens is 254 g/mol. The van der Waals surface area contributed by atoms with E-state index in [9.17, 15) is 0 Å². The van der Waals surface area contributed by atoms with Crippen LogP contribution in [0.1, 0.15) is 53.5 Å². The van der Waals surface area contributed by atoms with Crippen LogP contribution in [0.4, 0.5) is 0 Å². The molecule has 2 aliphatic rings. The molecule has 0 amide bonds. The largest absolute Gasteiger partial charge is 0.324 e. The molecule has 0 heterocycles. The van der Waals surface area contributed by atoms with Gasteiger partial charge in [-0.2, -0.15) is 0 Å². The summed E-state index contributed by atoms with van der Waals surface area (Å²) in [6.07, 6.45) is 6.36. The van der Waals surface area contributed by atoms with E-state index in [0.717, 1.165) is 18.8 Å². The number of hydrogen-bond acceptors (Lipinski definition) is 1. The molecule has 1 atom stereocenters. The predicted molar refractivity (Wildman–Crippen MR) is 87.3 cm³/mol. The molecule has 1 heteroatoms. The summed E-state index contributed by atoms with van der Waals surface area (Å²) in [5.74, 6) is 1.34. The smallest absolute Gasteiger partial charge is 0.0330 e. The molecular formula is C20H23N. The molecule has 0 saturated heterocycles. The number of fused-ring (bicyclic) bond motifs is 1. The average molecular weight is 277 g/mol. The molecule has 0 radical (unpaired) electrons. The third kappa shape index (κ3) is 2.40. The van der Waals surface area contributed by atoms with Crippen molar-refractivity contribution < 1.29 is 0 Å².